The Morgan fingerprint density at radius 3 is 2.48 bits per heavy atom. The molecule has 15 heteroatoms. The molecule has 1 unspecified atom stereocenters. The van der Waals surface area contributed by atoms with Crippen LogP contribution >= 0.6 is 0 Å². The van der Waals surface area contributed by atoms with Crippen molar-refractivity contribution in [3.05, 3.63) is 69.3 Å². The normalized spacial score (nSPS) is 13.7. The van der Waals surface area contributed by atoms with Gasteiger partial charge in [0.25, 0.3) is 11.5 Å². The summed E-state index contributed by atoms with van der Waals surface area (Å²) in [5, 5.41) is 12.6. The van der Waals surface area contributed by atoms with Crippen LogP contribution in [0.5, 0.6) is 5.75 Å². The van der Waals surface area contributed by atoms with Gasteiger partial charge in [-0.3, -0.25) is 19.0 Å². The second kappa shape index (κ2) is 12.4. The zero-order chi connectivity index (χ0) is 30.6. The summed E-state index contributed by atoms with van der Waals surface area (Å²) in [6, 6.07) is 5.44. The minimum atomic E-state index is -1.34. The van der Waals surface area contributed by atoms with Crippen LogP contribution in [0.1, 0.15) is 72.1 Å². The second-order valence-electron chi connectivity index (χ2n) is 10.3. The van der Waals surface area contributed by atoms with Gasteiger partial charge in [0.2, 0.25) is 17.9 Å². The van der Waals surface area contributed by atoms with Crippen LogP contribution in [0.4, 0.5) is 9.18 Å². The van der Waals surface area contributed by atoms with Crippen LogP contribution in [0, 0.1) is 18.7 Å². The fraction of sp³-hybridized carbons (Fsp3) is 0.444. The van der Waals surface area contributed by atoms with Crippen LogP contribution in [0.3, 0.4) is 0 Å². The lowest BCUT2D eigenvalue weighted by Gasteiger charge is -2.28. The van der Waals surface area contributed by atoms with Gasteiger partial charge in [0.1, 0.15) is 11.6 Å². The first-order valence-electron chi connectivity index (χ1n) is 13.1. The van der Waals surface area contributed by atoms with E-state index in [1.165, 1.54) is 45.2 Å². The molecule has 0 saturated heterocycles. The van der Waals surface area contributed by atoms with Gasteiger partial charge in [-0.2, -0.15) is 0 Å². The lowest BCUT2D eigenvalue weighted by molar-refractivity contribution is -0.0553. The summed E-state index contributed by atoms with van der Waals surface area (Å²) in [6.07, 6.45) is -0.378. The number of halogens is 1. The standard InChI is InChI=1S/C27H31FN6O8/c1-14-32-33-23(40-14)22(36)31-27(3,4)25-30-19(21(35)29-12-16-8-10-18(28)11-9-16)20(24(37)34(25)5)41-15(2)42-26(38)39-13-17-6-7-17/h8-11,15,17H,6-7,12-13H2,1-5H3,(H,29,35)(H,31,36). The molecule has 1 aliphatic carbocycles. The highest BCUT2D eigenvalue weighted by atomic mass is 19.1. The summed E-state index contributed by atoms with van der Waals surface area (Å²) in [4.78, 5) is 56.1. The van der Waals surface area contributed by atoms with E-state index in [4.69, 9.17) is 18.6 Å². The summed E-state index contributed by atoms with van der Waals surface area (Å²) < 4.78 is 35.3. The number of carbonyl (C=O) groups excluding carboxylic acids is 3. The molecule has 224 valence electrons. The quantitative estimate of drug-likeness (QED) is 0.249. The molecule has 0 spiro atoms. The molecule has 0 radical (unpaired) electrons. The van der Waals surface area contributed by atoms with Crippen molar-refractivity contribution in [2.45, 2.75) is 58.9 Å². The van der Waals surface area contributed by atoms with Crippen molar-refractivity contribution in [1.82, 2.24) is 30.4 Å². The van der Waals surface area contributed by atoms with Gasteiger partial charge in [0.15, 0.2) is 5.69 Å². The summed E-state index contributed by atoms with van der Waals surface area (Å²) >= 11 is 0. The van der Waals surface area contributed by atoms with E-state index in [0.29, 0.717) is 11.5 Å². The fourth-order valence-corrected chi connectivity index (χ4v) is 3.88. The molecule has 2 N–H and O–H groups in total. The number of amides is 2. The Hall–Kier alpha value is -4.82. The van der Waals surface area contributed by atoms with Crippen molar-refractivity contribution < 1.29 is 37.4 Å². The number of ether oxygens (including phenoxy) is 3. The van der Waals surface area contributed by atoms with Crippen LogP contribution < -0.4 is 20.9 Å². The molecule has 1 aliphatic rings. The first-order chi connectivity index (χ1) is 19.8. The molecule has 0 aliphatic heterocycles. The Balaban J connectivity index is 1.62. The van der Waals surface area contributed by atoms with Crippen LogP contribution in [0.15, 0.2) is 33.5 Å². The van der Waals surface area contributed by atoms with Crippen molar-refractivity contribution in [2.24, 2.45) is 13.0 Å². The Morgan fingerprint density at radius 2 is 1.86 bits per heavy atom. The van der Waals surface area contributed by atoms with Gasteiger partial charge >= 0.3 is 18.0 Å². The Bertz CT molecular complexity index is 1530. The molecule has 0 bridgehead atoms. The Kier molecular flexibility index (Phi) is 8.87. The maximum absolute atomic E-state index is 13.5. The van der Waals surface area contributed by atoms with Gasteiger partial charge < -0.3 is 29.3 Å². The van der Waals surface area contributed by atoms with Gasteiger partial charge in [-0.05, 0) is 50.3 Å². The zero-order valence-corrected chi connectivity index (χ0v) is 23.7. The highest BCUT2D eigenvalue weighted by Crippen LogP contribution is 2.29. The topological polar surface area (TPSA) is 177 Å². The van der Waals surface area contributed by atoms with Crippen LogP contribution in [0.25, 0.3) is 0 Å². The van der Waals surface area contributed by atoms with Crippen molar-refractivity contribution in [3.63, 3.8) is 0 Å². The van der Waals surface area contributed by atoms with Gasteiger partial charge in [0, 0.05) is 27.4 Å². The van der Waals surface area contributed by atoms with E-state index in [0.717, 1.165) is 17.4 Å². The highest BCUT2D eigenvalue weighted by Gasteiger charge is 2.34. The number of nitrogens with one attached hydrogen (secondary N) is 2. The van der Waals surface area contributed by atoms with E-state index in [9.17, 15) is 23.6 Å². The number of rotatable bonds is 11. The number of aromatic nitrogens is 4. The van der Waals surface area contributed by atoms with Gasteiger partial charge in [-0.1, -0.05) is 12.1 Å². The van der Waals surface area contributed by atoms with E-state index in [2.05, 4.69) is 25.8 Å². The second-order valence-corrected chi connectivity index (χ2v) is 10.3. The molecule has 14 nitrogen and oxygen atoms in total. The number of hydrogen-bond donors (Lipinski definition) is 2. The average molecular weight is 587 g/mol. The molecule has 2 heterocycles. The lowest BCUT2D eigenvalue weighted by atomic mass is 10.0. The van der Waals surface area contributed by atoms with Crippen LogP contribution in [0.2, 0.25) is 0 Å². The van der Waals surface area contributed by atoms with Crippen molar-refractivity contribution in [1.29, 1.82) is 0 Å². The van der Waals surface area contributed by atoms with Gasteiger partial charge in [-0.15, -0.1) is 10.2 Å². The lowest BCUT2D eigenvalue weighted by Crippen LogP contribution is -2.46. The maximum atomic E-state index is 13.5. The Morgan fingerprint density at radius 1 is 1.17 bits per heavy atom. The first-order valence-corrected chi connectivity index (χ1v) is 13.1. The summed E-state index contributed by atoms with van der Waals surface area (Å²) in [5.74, 6) is -2.33. The largest absolute Gasteiger partial charge is 0.511 e. The molecule has 1 aromatic carbocycles. The third kappa shape index (κ3) is 7.47. The van der Waals surface area contributed by atoms with Crippen LogP contribution in [-0.4, -0.2) is 50.6 Å². The molecule has 4 rings (SSSR count). The zero-order valence-electron chi connectivity index (χ0n) is 23.7. The number of aryl methyl sites for hydroxylation is 1. The SMILES string of the molecule is Cc1nnc(C(=O)NC(C)(C)c2nc(C(=O)NCc3ccc(F)cc3)c(OC(C)OC(=O)OCC3CC3)c(=O)n2C)o1. The third-order valence-electron chi connectivity index (χ3n) is 6.22. The predicted octanol–water partition coefficient (Wildman–Crippen LogP) is 2.49. The van der Waals surface area contributed by atoms with E-state index < -0.39 is 52.6 Å². The third-order valence-corrected chi connectivity index (χ3v) is 6.22. The molecule has 1 saturated carbocycles. The molecule has 3 aromatic rings. The number of nitrogens with zero attached hydrogens (tertiary/aromatic N) is 4. The van der Waals surface area contributed by atoms with Gasteiger partial charge in [-0.25, -0.2) is 14.2 Å². The van der Waals surface area contributed by atoms with Gasteiger partial charge in [0.05, 0.1) is 12.1 Å². The molecule has 2 amide bonds. The summed E-state index contributed by atoms with van der Waals surface area (Å²) in [7, 11) is 1.37. The fourth-order valence-electron chi connectivity index (χ4n) is 3.88. The first kappa shape index (κ1) is 30.1. The molecule has 2 aromatic heterocycles. The molecule has 1 fully saturated rings. The van der Waals surface area contributed by atoms with E-state index in [1.54, 1.807) is 13.8 Å². The molecular formula is C27H31FN6O8. The number of benzene rings is 1. The smallest absolute Gasteiger partial charge is 0.447 e. The summed E-state index contributed by atoms with van der Waals surface area (Å²) in [6.45, 7) is 6.16. The van der Waals surface area contributed by atoms with E-state index >= 15 is 0 Å². The highest BCUT2D eigenvalue weighted by molar-refractivity contribution is 5.95. The van der Waals surface area contributed by atoms with Crippen molar-refractivity contribution in [2.75, 3.05) is 6.61 Å². The number of hydrogen-bond acceptors (Lipinski definition) is 11. The summed E-state index contributed by atoms with van der Waals surface area (Å²) in [5.41, 5.74) is -2.00. The maximum Gasteiger partial charge on any atom is 0.511 e. The molecule has 42 heavy (non-hydrogen) atoms. The van der Waals surface area contributed by atoms with Crippen molar-refractivity contribution in [3.8, 4) is 5.75 Å². The van der Waals surface area contributed by atoms with E-state index in [1.807, 2.05) is 0 Å². The predicted molar refractivity (Wildman–Crippen MR) is 142 cm³/mol. The minimum Gasteiger partial charge on any atom is -0.447 e. The monoisotopic (exact) mass is 586 g/mol. The van der Waals surface area contributed by atoms with Crippen LogP contribution in [-0.2, 0) is 28.6 Å². The Labute approximate surface area is 239 Å². The molecular weight excluding hydrogens is 555 g/mol. The van der Waals surface area contributed by atoms with Crippen molar-refractivity contribution >= 4 is 18.0 Å². The minimum absolute atomic E-state index is 0.0196. The molecule has 1 atom stereocenters. The average Bonchev–Trinajstić information content (AvgIpc) is 3.66. The number of carbonyl (C=O) groups is 3. The van der Waals surface area contributed by atoms with E-state index in [-0.39, 0.29) is 30.8 Å².